The van der Waals surface area contributed by atoms with Gasteiger partial charge in [0.05, 0.1) is 35.7 Å². The Morgan fingerprint density at radius 1 is 1.49 bits per heavy atom. The zero-order chi connectivity index (χ0) is 25.3. The highest BCUT2D eigenvalue weighted by Crippen LogP contribution is 2.48. The molecular weight excluding hydrogens is 561 g/mol. The fourth-order valence-corrected chi connectivity index (χ4v) is 7.18. The van der Waals surface area contributed by atoms with Crippen LogP contribution in [0, 0.1) is 17.2 Å². The predicted octanol–water partition coefficient (Wildman–Crippen LogP) is 4.33. The van der Waals surface area contributed by atoms with E-state index in [-0.39, 0.29) is 24.0 Å². The molecule has 1 fully saturated rings. The molecule has 0 aromatic heterocycles. The highest BCUT2D eigenvalue weighted by Gasteiger charge is 2.43. The molecule has 1 saturated carbocycles. The number of nitrogens with zero attached hydrogens (tertiary/aromatic N) is 4. The Bertz CT molecular complexity index is 1160. The Hall–Kier alpha value is -2.46. The van der Waals surface area contributed by atoms with Gasteiger partial charge in [-0.2, -0.15) is 5.26 Å². The first-order valence-electron chi connectivity index (χ1n) is 11.5. The smallest absolute Gasteiger partial charge is 0.238 e. The molecule has 1 amide bonds. The second-order valence-electron chi connectivity index (χ2n) is 9.32. The number of benzene rings is 1. The highest BCUT2D eigenvalue weighted by molar-refractivity contribution is 14.1. The molecule has 4 unspecified atom stereocenters. The van der Waals surface area contributed by atoms with Gasteiger partial charge >= 0.3 is 0 Å². The van der Waals surface area contributed by atoms with E-state index in [1.807, 2.05) is 0 Å². The van der Waals surface area contributed by atoms with E-state index in [0.29, 0.717) is 29.3 Å². The number of aliphatic imine (C=N–C) groups is 1. The number of nitriles is 1. The summed E-state index contributed by atoms with van der Waals surface area (Å²) in [6.45, 7) is 9.96. The molecule has 35 heavy (non-hydrogen) atoms. The fraction of sp³-hybridized carbons (Fsp3) is 0.480. The number of amides is 1. The first-order valence-corrected chi connectivity index (χ1v) is 13.4. The minimum absolute atomic E-state index is 0.144. The number of fused-ring (bicyclic) bond motifs is 1. The summed E-state index contributed by atoms with van der Waals surface area (Å²) in [5, 5.41) is 22.5. The average molecular weight is 591 g/mol. The van der Waals surface area contributed by atoms with Crippen molar-refractivity contribution < 1.29 is 19.4 Å². The van der Waals surface area contributed by atoms with Gasteiger partial charge in [0, 0.05) is 31.0 Å². The standard InChI is InChI=1S/C25H30IN5O4/c1-6-28-23(21-18-9-15(12-27)7-8-19(18)29-24(21)32)22-14(2)31(26-30-22)17-10-16(13-34-5)20(11-17)35-25(3,4)33/h6-9,16-17,20-21,33H,2,10-11,13H2,1,3-5H3,(H,29,32). The average Bonchev–Trinajstić information content (AvgIpc) is 3.46. The summed E-state index contributed by atoms with van der Waals surface area (Å²) < 4.78 is 18.5. The van der Waals surface area contributed by atoms with E-state index in [1.54, 1.807) is 52.3 Å². The molecule has 186 valence electrons. The van der Waals surface area contributed by atoms with Crippen LogP contribution in [0.2, 0.25) is 0 Å². The number of methoxy groups -OCH3 is 1. The van der Waals surface area contributed by atoms with E-state index in [0.717, 1.165) is 24.1 Å². The molecule has 4 atom stereocenters. The SMILES string of the molecule is C=C1C(=C(N=CC)C2C(=O)Nc3ccc(C#N)cc32)N=IN1C1CC(COC)C(OC(C)(C)O)C1. The second-order valence-corrected chi connectivity index (χ2v) is 11.3. The quantitative estimate of drug-likeness (QED) is 0.211. The summed E-state index contributed by atoms with van der Waals surface area (Å²) in [7, 11) is 1.67. The van der Waals surface area contributed by atoms with E-state index in [2.05, 4.69) is 26.1 Å². The normalized spacial score (nSPS) is 27.7. The number of hydrogen-bond acceptors (Lipinski definition) is 8. The molecule has 2 heterocycles. The molecular formula is C25H30IN5O4. The molecule has 4 rings (SSSR count). The maximum Gasteiger partial charge on any atom is 0.238 e. The number of halogens is 1. The molecule has 1 aromatic carbocycles. The number of anilines is 1. The van der Waals surface area contributed by atoms with Crippen LogP contribution in [-0.2, 0) is 14.3 Å². The van der Waals surface area contributed by atoms with Crippen molar-refractivity contribution in [1.29, 1.82) is 5.26 Å². The lowest BCUT2D eigenvalue weighted by atomic mass is 9.94. The summed E-state index contributed by atoms with van der Waals surface area (Å²) >= 11 is -0.769. The van der Waals surface area contributed by atoms with Gasteiger partial charge in [-0.25, -0.2) is 3.15 Å². The molecule has 0 saturated heterocycles. The third-order valence-electron chi connectivity index (χ3n) is 6.28. The van der Waals surface area contributed by atoms with Gasteiger partial charge in [0.1, 0.15) is 32.9 Å². The number of aliphatic hydroxyl groups is 1. The van der Waals surface area contributed by atoms with Crippen LogP contribution in [0.5, 0.6) is 0 Å². The van der Waals surface area contributed by atoms with Crippen LogP contribution in [0.3, 0.4) is 0 Å². The fourth-order valence-electron chi connectivity index (χ4n) is 4.91. The van der Waals surface area contributed by atoms with Gasteiger partial charge in [-0.15, -0.1) is 0 Å². The summed E-state index contributed by atoms with van der Waals surface area (Å²) in [6, 6.07) is 7.46. The maximum atomic E-state index is 13.0. The maximum absolute atomic E-state index is 13.0. The van der Waals surface area contributed by atoms with Crippen molar-refractivity contribution in [2.24, 2.45) is 14.1 Å². The lowest BCUT2D eigenvalue weighted by Gasteiger charge is -2.27. The first kappa shape index (κ1) is 25.6. The van der Waals surface area contributed by atoms with Gasteiger partial charge < -0.3 is 23.0 Å². The van der Waals surface area contributed by atoms with E-state index in [9.17, 15) is 15.2 Å². The number of carbonyl (C=O) groups excluding carboxylic acids is 1. The van der Waals surface area contributed by atoms with Crippen LogP contribution >= 0.6 is 21.3 Å². The monoisotopic (exact) mass is 591 g/mol. The first-order chi connectivity index (χ1) is 16.7. The van der Waals surface area contributed by atoms with Crippen LogP contribution in [0.4, 0.5) is 5.69 Å². The van der Waals surface area contributed by atoms with E-state index < -0.39 is 33.0 Å². The Kier molecular flexibility index (Phi) is 7.51. The molecule has 1 aliphatic carbocycles. The summed E-state index contributed by atoms with van der Waals surface area (Å²) in [5.74, 6) is -1.94. The van der Waals surface area contributed by atoms with Crippen molar-refractivity contribution in [3.63, 3.8) is 0 Å². The topological polar surface area (TPSA) is 120 Å². The predicted molar refractivity (Wildman–Crippen MR) is 141 cm³/mol. The third-order valence-corrected chi connectivity index (χ3v) is 8.81. The van der Waals surface area contributed by atoms with Crippen molar-refractivity contribution in [3.8, 4) is 6.07 Å². The van der Waals surface area contributed by atoms with Crippen molar-refractivity contribution in [3.05, 3.63) is 53.0 Å². The molecule has 0 radical (unpaired) electrons. The molecule has 9 nitrogen and oxygen atoms in total. The zero-order valence-electron chi connectivity index (χ0n) is 20.3. The van der Waals surface area contributed by atoms with Crippen LogP contribution in [0.25, 0.3) is 0 Å². The van der Waals surface area contributed by atoms with Crippen molar-refractivity contribution >= 4 is 39.1 Å². The van der Waals surface area contributed by atoms with Crippen LogP contribution < -0.4 is 5.32 Å². The minimum Gasteiger partial charge on any atom is -0.384 e. The van der Waals surface area contributed by atoms with E-state index >= 15 is 0 Å². The molecule has 1 aromatic rings. The minimum atomic E-state index is -1.23. The number of ether oxygens (including phenoxy) is 2. The van der Waals surface area contributed by atoms with Gasteiger partial charge in [0.15, 0.2) is 5.79 Å². The molecule has 10 heteroatoms. The summed E-state index contributed by atoms with van der Waals surface area (Å²) in [5.41, 5.74) is 3.83. The van der Waals surface area contributed by atoms with Gasteiger partial charge in [0.2, 0.25) is 5.91 Å². The zero-order valence-corrected chi connectivity index (χ0v) is 22.4. The van der Waals surface area contributed by atoms with Gasteiger partial charge in [-0.3, -0.25) is 9.79 Å². The highest BCUT2D eigenvalue weighted by atomic mass is 127. The largest absolute Gasteiger partial charge is 0.384 e. The van der Waals surface area contributed by atoms with E-state index in [1.165, 1.54) is 0 Å². The number of hydrogen-bond donors (Lipinski definition) is 2. The Labute approximate surface area is 216 Å². The second kappa shape index (κ2) is 10.3. The Balaban J connectivity index is 1.64. The number of carbonyl (C=O) groups is 1. The third kappa shape index (κ3) is 5.23. The van der Waals surface area contributed by atoms with Gasteiger partial charge in [-0.1, -0.05) is 6.58 Å². The van der Waals surface area contributed by atoms with E-state index in [4.69, 9.17) is 12.6 Å². The molecule has 2 aliphatic heterocycles. The number of nitrogens with one attached hydrogen (secondary N) is 1. The summed E-state index contributed by atoms with van der Waals surface area (Å²) in [4.78, 5) is 17.6. The molecule has 0 bridgehead atoms. The number of rotatable bonds is 7. The van der Waals surface area contributed by atoms with Crippen molar-refractivity contribution in [1.82, 2.24) is 3.11 Å². The lowest BCUT2D eigenvalue weighted by molar-refractivity contribution is -0.214. The van der Waals surface area contributed by atoms with Crippen LogP contribution in [0.15, 0.2) is 50.0 Å². The van der Waals surface area contributed by atoms with Gasteiger partial charge in [-0.05, 0) is 57.4 Å². The Morgan fingerprint density at radius 3 is 2.91 bits per heavy atom. The van der Waals surface area contributed by atoms with Crippen molar-refractivity contribution in [2.75, 3.05) is 19.0 Å². The molecule has 3 aliphatic rings. The van der Waals surface area contributed by atoms with Crippen molar-refractivity contribution in [2.45, 2.75) is 57.5 Å². The van der Waals surface area contributed by atoms with Crippen LogP contribution in [-0.4, -0.2) is 52.0 Å². The summed E-state index contributed by atoms with van der Waals surface area (Å²) in [6.07, 6.45) is 3.07. The molecule has 2 N–H and O–H groups in total. The van der Waals surface area contributed by atoms with Crippen LogP contribution in [0.1, 0.15) is 50.7 Å². The van der Waals surface area contributed by atoms with Gasteiger partial charge in [0.25, 0.3) is 0 Å². The lowest BCUT2D eigenvalue weighted by Crippen LogP contribution is -2.33. The Morgan fingerprint density at radius 2 is 2.26 bits per heavy atom. The molecule has 0 spiro atoms.